The highest BCUT2D eigenvalue weighted by Crippen LogP contribution is 2.22. The molecule has 0 aromatic heterocycles. The van der Waals surface area contributed by atoms with Crippen LogP contribution in [0.4, 0.5) is 0 Å². The van der Waals surface area contributed by atoms with Crippen LogP contribution in [-0.4, -0.2) is 7.11 Å². The monoisotopic (exact) mass is 270 g/mol. The zero-order valence-corrected chi connectivity index (χ0v) is 12.8. The molecule has 0 fully saturated rings. The van der Waals surface area contributed by atoms with Crippen LogP contribution in [-0.2, 0) is 6.42 Å². The molecule has 0 aliphatic rings. The van der Waals surface area contributed by atoms with Crippen LogP contribution in [0, 0.1) is 0 Å². The maximum absolute atomic E-state index is 5.30. The number of hydrogen-bond acceptors (Lipinski definition) is 1. The Morgan fingerprint density at radius 2 is 1.55 bits per heavy atom. The minimum Gasteiger partial charge on any atom is -0.497 e. The molecule has 2 aromatic rings. The van der Waals surface area contributed by atoms with Crippen molar-refractivity contribution in [2.24, 2.45) is 0 Å². The van der Waals surface area contributed by atoms with Gasteiger partial charge in [-0.15, -0.1) is 0 Å². The second-order valence-corrected chi connectivity index (χ2v) is 5.57. The first-order valence-electron chi connectivity index (χ1n) is 7.90. The van der Waals surface area contributed by atoms with E-state index in [4.69, 9.17) is 4.74 Å². The van der Waals surface area contributed by atoms with Gasteiger partial charge in [0.25, 0.3) is 0 Å². The Balaban J connectivity index is 1.90. The Bertz CT molecular complexity index is 530. The van der Waals surface area contributed by atoms with Crippen molar-refractivity contribution in [3.63, 3.8) is 0 Å². The van der Waals surface area contributed by atoms with Crippen molar-refractivity contribution in [3.8, 4) is 5.75 Å². The average Bonchev–Trinajstić information content (AvgIpc) is 2.50. The summed E-state index contributed by atoms with van der Waals surface area (Å²) in [7, 11) is 1.72. The van der Waals surface area contributed by atoms with E-state index in [1.54, 1.807) is 7.11 Å². The van der Waals surface area contributed by atoms with Gasteiger partial charge in [0.05, 0.1) is 7.11 Å². The summed E-state index contributed by atoms with van der Waals surface area (Å²) in [6, 6.07) is 13.1. The fraction of sp³-hybridized carbons (Fsp3) is 0.474. The van der Waals surface area contributed by atoms with E-state index < -0.39 is 0 Å². The van der Waals surface area contributed by atoms with Crippen molar-refractivity contribution in [2.75, 3.05) is 7.11 Å². The van der Waals surface area contributed by atoms with Crippen LogP contribution in [0.3, 0.4) is 0 Å². The predicted molar refractivity (Wildman–Crippen MR) is 87.6 cm³/mol. The Hall–Kier alpha value is -1.50. The van der Waals surface area contributed by atoms with E-state index in [1.807, 2.05) is 6.07 Å². The van der Waals surface area contributed by atoms with Gasteiger partial charge in [-0.25, -0.2) is 0 Å². The first-order chi connectivity index (χ1) is 9.83. The highest BCUT2D eigenvalue weighted by Gasteiger charge is 1.99. The fourth-order valence-electron chi connectivity index (χ4n) is 2.67. The molecular weight excluding hydrogens is 244 g/mol. The molecule has 20 heavy (non-hydrogen) atoms. The molecule has 0 atom stereocenters. The van der Waals surface area contributed by atoms with Gasteiger partial charge in [0.15, 0.2) is 0 Å². The quantitative estimate of drug-likeness (QED) is 0.555. The highest BCUT2D eigenvalue weighted by atomic mass is 16.5. The van der Waals surface area contributed by atoms with Gasteiger partial charge in [-0.2, -0.15) is 0 Å². The summed E-state index contributed by atoms with van der Waals surface area (Å²) in [5.41, 5.74) is 1.45. The number of aryl methyl sites for hydroxylation is 1. The molecule has 0 saturated heterocycles. The number of benzene rings is 2. The largest absolute Gasteiger partial charge is 0.497 e. The molecule has 0 spiro atoms. The molecule has 0 aliphatic heterocycles. The average molecular weight is 270 g/mol. The third kappa shape index (κ3) is 4.26. The maximum Gasteiger partial charge on any atom is 0.119 e. The van der Waals surface area contributed by atoms with E-state index in [9.17, 15) is 0 Å². The Morgan fingerprint density at radius 3 is 2.35 bits per heavy atom. The molecule has 0 aliphatic carbocycles. The summed E-state index contributed by atoms with van der Waals surface area (Å²) in [4.78, 5) is 0. The van der Waals surface area contributed by atoms with E-state index >= 15 is 0 Å². The van der Waals surface area contributed by atoms with Gasteiger partial charge in [0, 0.05) is 0 Å². The molecule has 0 amide bonds. The van der Waals surface area contributed by atoms with E-state index in [0.717, 1.165) is 5.75 Å². The number of hydrogen-bond donors (Lipinski definition) is 0. The van der Waals surface area contributed by atoms with Crippen LogP contribution in [0.1, 0.15) is 51.0 Å². The van der Waals surface area contributed by atoms with E-state index in [2.05, 4.69) is 37.3 Å². The summed E-state index contributed by atoms with van der Waals surface area (Å²) < 4.78 is 5.30. The van der Waals surface area contributed by atoms with Crippen LogP contribution in [0.5, 0.6) is 5.75 Å². The second-order valence-electron chi connectivity index (χ2n) is 5.57. The van der Waals surface area contributed by atoms with Crippen LogP contribution < -0.4 is 4.74 Å². The molecular formula is C19H26O. The minimum atomic E-state index is 0.939. The lowest BCUT2D eigenvalue weighted by Gasteiger charge is -2.06. The van der Waals surface area contributed by atoms with Crippen molar-refractivity contribution in [2.45, 2.75) is 51.9 Å². The lowest BCUT2D eigenvalue weighted by atomic mass is 10.0. The maximum atomic E-state index is 5.30. The summed E-state index contributed by atoms with van der Waals surface area (Å²) in [6.45, 7) is 2.27. The number of rotatable bonds is 8. The fourth-order valence-corrected chi connectivity index (χ4v) is 2.67. The Morgan fingerprint density at radius 1 is 0.800 bits per heavy atom. The lowest BCUT2D eigenvalue weighted by molar-refractivity contribution is 0.415. The van der Waals surface area contributed by atoms with Gasteiger partial charge in [0.1, 0.15) is 5.75 Å². The summed E-state index contributed by atoms with van der Waals surface area (Å²) >= 11 is 0. The normalized spacial score (nSPS) is 10.9. The van der Waals surface area contributed by atoms with Gasteiger partial charge >= 0.3 is 0 Å². The van der Waals surface area contributed by atoms with Crippen molar-refractivity contribution in [1.29, 1.82) is 0 Å². The SMILES string of the molecule is CCCCCCCCc1ccc2ccc(OC)cc2c1. The lowest BCUT2D eigenvalue weighted by Crippen LogP contribution is -1.88. The van der Waals surface area contributed by atoms with Crippen molar-refractivity contribution in [1.82, 2.24) is 0 Å². The standard InChI is InChI=1S/C19H26O/c1-3-4-5-6-7-8-9-16-10-11-17-12-13-19(20-2)15-18(17)14-16/h10-15H,3-9H2,1-2H3. The molecule has 1 heteroatoms. The molecule has 0 N–H and O–H groups in total. The van der Waals surface area contributed by atoms with E-state index in [1.165, 1.54) is 61.3 Å². The molecule has 2 aromatic carbocycles. The van der Waals surface area contributed by atoms with Crippen LogP contribution >= 0.6 is 0 Å². The number of methoxy groups -OCH3 is 1. The summed E-state index contributed by atoms with van der Waals surface area (Å²) in [5, 5.41) is 2.57. The first kappa shape index (κ1) is 14.9. The Kier molecular flexibility index (Phi) is 5.91. The zero-order valence-electron chi connectivity index (χ0n) is 12.8. The minimum absolute atomic E-state index is 0.939. The van der Waals surface area contributed by atoms with E-state index in [-0.39, 0.29) is 0 Å². The third-order valence-corrected chi connectivity index (χ3v) is 3.93. The van der Waals surface area contributed by atoms with Crippen molar-refractivity contribution >= 4 is 10.8 Å². The first-order valence-corrected chi connectivity index (χ1v) is 7.90. The Labute approximate surface area is 123 Å². The summed E-state index contributed by atoms with van der Waals surface area (Å²) in [5.74, 6) is 0.939. The molecule has 108 valence electrons. The molecule has 0 unspecified atom stereocenters. The number of unbranched alkanes of at least 4 members (excludes halogenated alkanes) is 5. The molecule has 0 bridgehead atoms. The van der Waals surface area contributed by atoms with Gasteiger partial charge in [-0.05, 0) is 41.3 Å². The zero-order chi connectivity index (χ0) is 14.2. The third-order valence-electron chi connectivity index (χ3n) is 3.93. The molecule has 0 radical (unpaired) electrons. The van der Waals surface area contributed by atoms with Gasteiger partial charge < -0.3 is 4.74 Å². The van der Waals surface area contributed by atoms with Gasteiger partial charge in [-0.3, -0.25) is 0 Å². The van der Waals surface area contributed by atoms with Crippen LogP contribution in [0.25, 0.3) is 10.8 Å². The smallest absolute Gasteiger partial charge is 0.119 e. The number of fused-ring (bicyclic) bond motifs is 1. The topological polar surface area (TPSA) is 9.23 Å². The van der Waals surface area contributed by atoms with Gasteiger partial charge in [-0.1, -0.05) is 63.3 Å². The number of ether oxygens (including phenoxy) is 1. The molecule has 0 saturated carbocycles. The predicted octanol–water partition coefficient (Wildman–Crippen LogP) is 5.75. The van der Waals surface area contributed by atoms with Gasteiger partial charge in [0.2, 0.25) is 0 Å². The molecule has 0 heterocycles. The van der Waals surface area contributed by atoms with E-state index in [0.29, 0.717) is 0 Å². The highest BCUT2D eigenvalue weighted by molar-refractivity contribution is 5.84. The van der Waals surface area contributed by atoms with Crippen LogP contribution in [0.15, 0.2) is 36.4 Å². The van der Waals surface area contributed by atoms with Crippen molar-refractivity contribution < 1.29 is 4.74 Å². The van der Waals surface area contributed by atoms with Crippen LogP contribution in [0.2, 0.25) is 0 Å². The van der Waals surface area contributed by atoms with Crippen molar-refractivity contribution in [3.05, 3.63) is 42.0 Å². The molecule has 1 nitrogen and oxygen atoms in total. The molecule has 2 rings (SSSR count). The second kappa shape index (κ2) is 7.94. The summed E-state index contributed by atoms with van der Waals surface area (Å²) in [6.07, 6.45) is 9.34.